The van der Waals surface area contributed by atoms with Crippen molar-refractivity contribution in [3.8, 4) is 0 Å². The van der Waals surface area contributed by atoms with Crippen molar-refractivity contribution in [1.29, 1.82) is 0 Å². The quantitative estimate of drug-likeness (QED) is 0.813. The molecular weight excluding hydrogens is 346 g/mol. The summed E-state index contributed by atoms with van der Waals surface area (Å²) >= 11 is 0. The van der Waals surface area contributed by atoms with E-state index in [1.54, 1.807) is 16.7 Å². The molecule has 2 aromatic rings. The van der Waals surface area contributed by atoms with Crippen LogP contribution in [0.4, 0.5) is 5.69 Å². The number of anilines is 1. The molecule has 1 atom stereocenters. The van der Waals surface area contributed by atoms with Crippen LogP contribution >= 0.6 is 0 Å². The van der Waals surface area contributed by atoms with Gasteiger partial charge in [-0.15, -0.1) is 0 Å². The van der Waals surface area contributed by atoms with Crippen LogP contribution in [0.3, 0.4) is 0 Å². The summed E-state index contributed by atoms with van der Waals surface area (Å²) in [5.41, 5.74) is 0.161. The predicted molar refractivity (Wildman–Crippen MR) is 98.5 cm³/mol. The predicted octanol–water partition coefficient (Wildman–Crippen LogP) is 2.41. The summed E-state index contributed by atoms with van der Waals surface area (Å²) in [5.74, 6) is 0.200. The van der Waals surface area contributed by atoms with E-state index < -0.39 is 5.60 Å². The lowest BCUT2D eigenvalue weighted by Gasteiger charge is -2.42. The number of ether oxygens (including phenoxy) is 1. The Morgan fingerprint density at radius 2 is 2.00 bits per heavy atom. The van der Waals surface area contributed by atoms with Crippen molar-refractivity contribution in [2.45, 2.75) is 31.8 Å². The number of aryl methyl sites for hydroxylation is 1. The van der Waals surface area contributed by atoms with E-state index >= 15 is 0 Å². The molecule has 0 aliphatic carbocycles. The number of nitrogens with zero attached hydrogens (tertiary/aromatic N) is 3. The molecule has 1 spiro atoms. The maximum Gasteiger partial charge on any atom is 0.276 e. The highest BCUT2D eigenvalue weighted by Gasteiger charge is 2.48. The normalized spacial score (nSPS) is 23.5. The van der Waals surface area contributed by atoms with Gasteiger partial charge >= 0.3 is 0 Å². The molecule has 1 unspecified atom stereocenters. The van der Waals surface area contributed by atoms with Gasteiger partial charge in [-0.05, 0) is 38.3 Å². The van der Waals surface area contributed by atoms with Crippen LogP contribution in [0.1, 0.15) is 35.5 Å². The van der Waals surface area contributed by atoms with Crippen LogP contribution < -0.4 is 4.90 Å². The van der Waals surface area contributed by atoms with Crippen LogP contribution in [0.15, 0.2) is 41.1 Å². The second kappa shape index (κ2) is 7.15. The highest BCUT2D eigenvalue weighted by atomic mass is 16.5. The Labute approximate surface area is 157 Å². The summed E-state index contributed by atoms with van der Waals surface area (Å²) < 4.78 is 11.2. The van der Waals surface area contributed by atoms with Crippen LogP contribution in [-0.4, -0.2) is 53.5 Å². The first kappa shape index (κ1) is 17.7. The van der Waals surface area contributed by atoms with Crippen molar-refractivity contribution in [3.63, 3.8) is 0 Å². The maximum atomic E-state index is 13.5. The number of hydrogen-bond donors (Lipinski definition) is 0. The first-order valence-electron chi connectivity index (χ1n) is 9.31. The highest BCUT2D eigenvalue weighted by molar-refractivity contribution is 6.01. The second-order valence-corrected chi connectivity index (χ2v) is 7.08. The van der Waals surface area contributed by atoms with E-state index in [0.29, 0.717) is 37.6 Å². The Kier molecular flexibility index (Phi) is 4.70. The van der Waals surface area contributed by atoms with Crippen LogP contribution in [-0.2, 0) is 9.53 Å². The standard InChI is InChI=1S/C20H23N3O4/c1-15-17(21-14-26-15)18(24)22-11-12-27-20(13-22)9-5-6-10-23(19(20)25)16-7-3-2-4-8-16/h2-4,7-8,14H,5-6,9-13H2,1H3. The molecule has 27 heavy (non-hydrogen) atoms. The van der Waals surface area contributed by atoms with Gasteiger partial charge in [-0.3, -0.25) is 9.59 Å². The molecule has 3 heterocycles. The number of morpholine rings is 1. The van der Waals surface area contributed by atoms with Gasteiger partial charge < -0.3 is 19.0 Å². The number of aromatic nitrogens is 1. The number of rotatable bonds is 2. The number of benzene rings is 1. The van der Waals surface area contributed by atoms with Crippen molar-refractivity contribution in [1.82, 2.24) is 9.88 Å². The number of carbonyl (C=O) groups excluding carboxylic acids is 2. The molecule has 0 saturated carbocycles. The maximum absolute atomic E-state index is 13.5. The first-order chi connectivity index (χ1) is 13.1. The van der Waals surface area contributed by atoms with Crippen molar-refractivity contribution in [2.75, 3.05) is 31.1 Å². The fourth-order valence-corrected chi connectivity index (χ4v) is 3.89. The Morgan fingerprint density at radius 1 is 1.19 bits per heavy atom. The van der Waals surface area contributed by atoms with E-state index in [1.165, 1.54) is 6.39 Å². The lowest BCUT2D eigenvalue weighted by Crippen LogP contribution is -2.61. The van der Waals surface area contributed by atoms with Gasteiger partial charge in [0.05, 0.1) is 13.2 Å². The third-order valence-corrected chi connectivity index (χ3v) is 5.34. The Hall–Kier alpha value is -2.67. The molecule has 142 valence electrons. The summed E-state index contributed by atoms with van der Waals surface area (Å²) in [5, 5.41) is 0. The van der Waals surface area contributed by atoms with Gasteiger partial charge in [0, 0.05) is 18.8 Å². The molecule has 2 saturated heterocycles. The largest absolute Gasteiger partial charge is 0.448 e. The molecule has 4 rings (SSSR count). The number of oxazole rings is 1. The van der Waals surface area contributed by atoms with Gasteiger partial charge in [0.15, 0.2) is 17.7 Å². The van der Waals surface area contributed by atoms with E-state index in [4.69, 9.17) is 9.15 Å². The zero-order chi connectivity index (χ0) is 18.9. The van der Waals surface area contributed by atoms with E-state index in [1.807, 2.05) is 30.3 Å². The van der Waals surface area contributed by atoms with Gasteiger partial charge in [-0.2, -0.15) is 0 Å². The monoisotopic (exact) mass is 369 g/mol. The van der Waals surface area contributed by atoms with Crippen LogP contribution in [0.5, 0.6) is 0 Å². The topological polar surface area (TPSA) is 75.9 Å². The molecule has 1 aromatic carbocycles. The lowest BCUT2D eigenvalue weighted by molar-refractivity contribution is -0.155. The molecule has 7 heteroatoms. The summed E-state index contributed by atoms with van der Waals surface area (Å²) in [6.07, 6.45) is 3.66. The van der Waals surface area contributed by atoms with Gasteiger partial charge in [-0.1, -0.05) is 18.2 Å². The molecule has 0 N–H and O–H groups in total. The molecule has 0 bridgehead atoms. The molecule has 2 aliphatic heterocycles. The van der Waals surface area contributed by atoms with Gasteiger partial charge in [0.1, 0.15) is 5.76 Å². The third kappa shape index (κ3) is 3.23. The third-order valence-electron chi connectivity index (χ3n) is 5.34. The van der Waals surface area contributed by atoms with E-state index in [-0.39, 0.29) is 18.4 Å². The molecule has 0 radical (unpaired) electrons. The zero-order valence-electron chi connectivity index (χ0n) is 15.4. The second-order valence-electron chi connectivity index (χ2n) is 7.08. The highest BCUT2D eigenvalue weighted by Crippen LogP contribution is 2.32. The Bertz CT molecular complexity index is 835. The minimum Gasteiger partial charge on any atom is -0.448 e. The Morgan fingerprint density at radius 3 is 2.74 bits per heavy atom. The van der Waals surface area contributed by atoms with Crippen molar-refractivity contribution in [3.05, 3.63) is 48.2 Å². The number of amides is 2. The number of carbonyl (C=O) groups is 2. The van der Waals surface area contributed by atoms with Crippen molar-refractivity contribution >= 4 is 17.5 Å². The molecule has 1 aromatic heterocycles. The number of para-hydroxylation sites is 1. The molecular formula is C20H23N3O4. The van der Waals surface area contributed by atoms with E-state index in [0.717, 1.165) is 18.5 Å². The van der Waals surface area contributed by atoms with Gasteiger partial charge in [-0.25, -0.2) is 4.98 Å². The number of hydrogen-bond acceptors (Lipinski definition) is 5. The fourth-order valence-electron chi connectivity index (χ4n) is 3.89. The summed E-state index contributed by atoms with van der Waals surface area (Å²) in [6, 6.07) is 9.64. The Balaban J connectivity index is 1.61. The molecule has 2 amide bonds. The SMILES string of the molecule is Cc1ocnc1C(=O)N1CCOC2(CCCCN(c3ccccc3)C2=O)C1. The zero-order valence-corrected chi connectivity index (χ0v) is 15.4. The molecule has 2 fully saturated rings. The van der Waals surface area contributed by atoms with Crippen LogP contribution in [0, 0.1) is 6.92 Å². The molecule has 7 nitrogen and oxygen atoms in total. The van der Waals surface area contributed by atoms with E-state index in [2.05, 4.69) is 4.98 Å². The van der Waals surface area contributed by atoms with Gasteiger partial charge in [0.25, 0.3) is 11.8 Å². The summed E-state index contributed by atoms with van der Waals surface area (Å²) in [6.45, 7) is 3.37. The first-order valence-corrected chi connectivity index (χ1v) is 9.31. The average Bonchev–Trinajstić information content (AvgIpc) is 3.07. The van der Waals surface area contributed by atoms with Crippen molar-refractivity contribution < 1.29 is 18.7 Å². The minimum atomic E-state index is -1.00. The average molecular weight is 369 g/mol. The van der Waals surface area contributed by atoms with E-state index in [9.17, 15) is 9.59 Å². The lowest BCUT2D eigenvalue weighted by atomic mass is 9.93. The minimum absolute atomic E-state index is 0.0689. The smallest absolute Gasteiger partial charge is 0.276 e. The molecule has 2 aliphatic rings. The van der Waals surface area contributed by atoms with Crippen LogP contribution in [0.25, 0.3) is 0 Å². The summed E-state index contributed by atoms with van der Waals surface area (Å²) in [4.78, 5) is 33.8. The van der Waals surface area contributed by atoms with Crippen molar-refractivity contribution in [2.24, 2.45) is 0 Å². The van der Waals surface area contributed by atoms with Crippen LogP contribution in [0.2, 0.25) is 0 Å². The van der Waals surface area contributed by atoms with Gasteiger partial charge in [0.2, 0.25) is 0 Å². The summed E-state index contributed by atoms with van der Waals surface area (Å²) in [7, 11) is 0. The fraction of sp³-hybridized carbons (Fsp3) is 0.450.